The van der Waals surface area contributed by atoms with Gasteiger partial charge in [-0.1, -0.05) is 0 Å². The molecule has 0 aliphatic heterocycles. The molecule has 0 atom stereocenters. The highest BCUT2D eigenvalue weighted by Gasteiger charge is 2.08. The topological polar surface area (TPSA) is 30.0 Å². The number of hydrogen-bond acceptors (Lipinski definition) is 4. The van der Waals surface area contributed by atoms with Crippen LogP contribution in [-0.2, 0) is 11.2 Å². The third-order valence-electron chi connectivity index (χ3n) is 1.76. The highest BCUT2D eigenvalue weighted by molar-refractivity contribution is 9.10. The van der Waals surface area contributed by atoms with Crippen molar-refractivity contribution in [3.05, 3.63) is 27.0 Å². The molecular weight excluding hydrogens is 294 g/mol. The summed E-state index contributed by atoms with van der Waals surface area (Å²) in [5.41, 5.74) is 0.868. The molecule has 2 heterocycles. The summed E-state index contributed by atoms with van der Waals surface area (Å²) in [5.74, 6) is 0.152. The Morgan fingerprint density at radius 3 is 2.87 bits per heavy atom. The molecule has 78 valence electrons. The van der Waals surface area contributed by atoms with Crippen molar-refractivity contribution in [1.82, 2.24) is 4.98 Å². The Kier molecular flexibility index (Phi) is 3.33. The van der Waals surface area contributed by atoms with E-state index in [-0.39, 0.29) is 5.78 Å². The van der Waals surface area contributed by atoms with Crippen molar-refractivity contribution >= 4 is 44.4 Å². The lowest BCUT2D eigenvalue weighted by molar-refractivity contribution is -0.116. The number of carbonyl (C=O) groups excluding carboxylic acids is 1. The zero-order chi connectivity index (χ0) is 10.8. The Bertz CT molecular complexity index is 489. The molecular formula is C10H8BrNOS2. The molecule has 0 N–H and O–H groups in total. The summed E-state index contributed by atoms with van der Waals surface area (Å²) in [4.78, 5) is 16.5. The number of ketones is 1. The normalized spacial score (nSPS) is 10.5. The predicted octanol–water partition coefficient (Wildman–Crippen LogP) is 3.77. The molecule has 0 saturated carbocycles. The zero-order valence-electron chi connectivity index (χ0n) is 7.99. The number of hydrogen-bond donors (Lipinski definition) is 0. The van der Waals surface area contributed by atoms with Gasteiger partial charge < -0.3 is 0 Å². The van der Waals surface area contributed by atoms with Gasteiger partial charge in [-0.25, -0.2) is 4.98 Å². The summed E-state index contributed by atoms with van der Waals surface area (Å²) in [6.07, 6.45) is 0.434. The fourth-order valence-corrected chi connectivity index (χ4v) is 3.51. The molecule has 2 rings (SSSR count). The van der Waals surface area contributed by atoms with Gasteiger partial charge in [-0.3, -0.25) is 4.79 Å². The Morgan fingerprint density at radius 2 is 2.27 bits per heavy atom. The largest absolute Gasteiger partial charge is 0.300 e. The predicted molar refractivity (Wildman–Crippen MR) is 67.5 cm³/mol. The fraction of sp³-hybridized carbons (Fsp3) is 0.200. The van der Waals surface area contributed by atoms with Gasteiger partial charge in [0.2, 0.25) is 0 Å². The molecule has 0 aromatic carbocycles. The van der Waals surface area contributed by atoms with Crippen molar-refractivity contribution in [3.8, 4) is 9.88 Å². The molecule has 0 bridgehead atoms. The molecule has 0 unspecified atom stereocenters. The Hall–Kier alpha value is -0.520. The van der Waals surface area contributed by atoms with Gasteiger partial charge in [0.1, 0.15) is 10.8 Å². The molecule has 0 saturated heterocycles. The first-order valence-corrected chi connectivity index (χ1v) is 6.88. The average Bonchev–Trinajstić information content (AvgIpc) is 2.72. The standard InChI is InChI=1S/C10H8BrNOS2/c1-6(13)2-8-5-15-10(12-8)9-3-7(11)4-14-9/h3-5H,2H2,1H3. The summed E-state index contributed by atoms with van der Waals surface area (Å²) in [7, 11) is 0. The summed E-state index contributed by atoms with van der Waals surface area (Å²) >= 11 is 6.64. The van der Waals surface area contributed by atoms with Crippen LogP contribution in [0.3, 0.4) is 0 Å². The number of carbonyl (C=O) groups is 1. The highest BCUT2D eigenvalue weighted by atomic mass is 79.9. The SMILES string of the molecule is CC(=O)Cc1csc(-c2cc(Br)cs2)n1. The van der Waals surface area contributed by atoms with Crippen molar-refractivity contribution in [2.24, 2.45) is 0 Å². The second kappa shape index (κ2) is 4.55. The molecule has 2 aromatic heterocycles. The van der Waals surface area contributed by atoms with E-state index in [2.05, 4.69) is 20.9 Å². The van der Waals surface area contributed by atoms with E-state index in [1.807, 2.05) is 16.8 Å². The van der Waals surface area contributed by atoms with Gasteiger partial charge in [0.25, 0.3) is 0 Å². The summed E-state index contributed by atoms with van der Waals surface area (Å²) < 4.78 is 1.07. The van der Waals surface area contributed by atoms with E-state index in [4.69, 9.17) is 0 Å². The quantitative estimate of drug-likeness (QED) is 0.864. The van der Waals surface area contributed by atoms with Crippen LogP contribution in [0.2, 0.25) is 0 Å². The van der Waals surface area contributed by atoms with Crippen LogP contribution in [0, 0.1) is 0 Å². The molecule has 5 heteroatoms. The van der Waals surface area contributed by atoms with Crippen molar-refractivity contribution in [2.45, 2.75) is 13.3 Å². The van der Waals surface area contributed by atoms with Crippen LogP contribution < -0.4 is 0 Å². The van der Waals surface area contributed by atoms with Gasteiger partial charge in [-0.15, -0.1) is 22.7 Å². The molecule has 0 fully saturated rings. The Labute approximate surface area is 104 Å². The van der Waals surface area contributed by atoms with E-state index >= 15 is 0 Å². The first kappa shape index (κ1) is 11.0. The Balaban J connectivity index is 2.23. The smallest absolute Gasteiger partial charge is 0.135 e. The summed E-state index contributed by atoms with van der Waals surface area (Å²) in [6, 6.07) is 2.04. The molecule has 0 radical (unpaired) electrons. The highest BCUT2D eigenvalue weighted by Crippen LogP contribution is 2.31. The van der Waals surface area contributed by atoms with Gasteiger partial charge >= 0.3 is 0 Å². The van der Waals surface area contributed by atoms with E-state index in [0.29, 0.717) is 6.42 Å². The van der Waals surface area contributed by atoms with Gasteiger partial charge in [-0.2, -0.15) is 0 Å². The van der Waals surface area contributed by atoms with Crippen LogP contribution in [0.4, 0.5) is 0 Å². The maximum atomic E-state index is 10.9. The van der Waals surface area contributed by atoms with E-state index < -0.39 is 0 Å². The number of aromatic nitrogens is 1. The number of thiazole rings is 1. The zero-order valence-corrected chi connectivity index (χ0v) is 11.2. The van der Waals surface area contributed by atoms with Gasteiger partial charge in [0.05, 0.1) is 10.6 Å². The lowest BCUT2D eigenvalue weighted by Crippen LogP contribution is -1.95. The second-order valence-electron chi connectivity index (χ2n) is 3.15. The molecule has 0 spiro atoms. The lowest BCUT2D eigenvalue weighted by Gasteiger charge is -1.89. The Morgan fingerprint density at radius 1 is 1.47 bits per heavy atom. The molecule has 0 amide bonds. The number of thiophene rings is 1. The molecule has 15 heavy (non-hydrogen) atoms. The minimum absolute atomic E-state index is 0.152. The van der Waals surface area contributed by atoms with Gasteiger partial charge in [-0.05, 0) is 28.9 Å². The average molecular weight is 302 g/mol. The first-order chi connectivity index (χ1) is 7.15. The number of rotatable bonds is 3. The van der Waals surface area contributed by atoms with Crippen molar-refractivity contribution in [2.75, 3.05) is 0 Å². The number of nitrogens with zero attached hydrogens (tertiary/aromatic N) is 1. The minimum Gasteiger partial charge on any atom is -0.300 e. The third-order valence-corrected chi connectivity index (χ3v) is 4.51. The van der Waals surface area contributed by atoms with Crippen molar-refractivity contribution in [1.29, 1.82) is 0 Å². The van der Waals surface area contributed by atoms with Crippen LogP contribution in [0.5, 0.6) is 0 Å². The summed E-state index contributed by atoms with van der Waals surface area (Å²) in [6.45, 7) is 1.58. The van der Waals surface area contributed by atoms with Gasteiger partial charge in [0, 0.05) is 21.7 Å². The third kappa shape index (κ3) is 2.74. The molecule has 0 aliphatic rings. The molecule has 2 nitrogen and oxygen atoms in total. The number of halogens is 1. The fourth-order valence-electron chi connectivity index (χ4n) is 1.18. The first-order valence-electron chi connectivity index (χ1n) is 4.33. The van der Waals surface area contributed by atoms with Gasteiger partial charge in [0.15, 0.2) is 0 Å². The van der Waals surface area contributed by atoms with Crippen molar-refractivity contribution in [3.63, 3.8) is 0 Å². The molecule has 0 aliphatic carbocycles. The number of Topliss-reactive ketones (excluding diaryl/α,β-unsaturated/α-hetero) is 1. The van der Waals surface area contributed by atoms with Crippen LogP contribution in [0.15, 0.2) is 21.3 Å². The van der Waals surface area contributed by atoms with Crippen LogP contribution >= 0.6 is 38.6 Å². The lowest BCUT2D eigenvalue weighted by atomic mass is 10.2. The second-order valence-corrected chi connectivity index (χ2v) is 5.84. The van der Waals surface area contributed by atoms with E-state index in [0.717, 1.165) is 20.1 Å². The maximum Gasteiger partial charge on any atom is 0.135 e. The van der Waals surface area contributed by atoms with Crippen LogP contribution in [0.1, 0.15) is 12.6 Å². The monoisotopic (exact) mass is 301 g/mol. The molecule has 2 aromatic rings. The van der Waals surface area contributed by atoms with E-state index in [1.54, 1.807) is 29.6 Å². The van der Waals surface area contributed by atoms with Crippen LogP contribution in [0.25, 0.3) is 9.88 Å². The summed E-state index contributed by atoms with van der Waals surface area (Å²) in [5, 5.41) is 4.97. The van der Waals surface area contributed by atoms with Crippen molar-refractivity contribution < 1.29 is 4.79 Å². The van der Waals surface area contributed by atoms with E-state index in [9.17, 15) is 4.79 Å². The minimum atomic E-state index is 0.152. The van der Waals surface area contributed by atoms with E-state index in [1.165, 1.54) is 0 Å². The van der Waals surface area contributed by atoms with Crippen LogP contribution in [-0.4, -0.2) is 10.8 Å². The maximum absolute atomic E-state index is 10.9.